The summed E-state index contributed by atoms with van der Waals surface area (Å²) in [5, 5.41) is 10.6. The molecule has 0 aromatic heterocycles. The molecular weight excluding hydrogens is 162 g/mol. The molecule has 1 rings (SSSR count). The second kappa shape index (κ2) is 4.06. The maximum absolute atomic E-state index is 10.8. The van der Waals surface area contributed by atoms with Gasteiger partial charge < -0.3 is 9.84 Å². The Morgan fingerprint density at radius 1 is 1.42 bits per heavy atom. The quantitative estimate of drug-likeness (QED) is 0.541. The Balaban J connectivity index is 1.97. The van der Waals surface area contributed by atoms with Gasteiger partial charge in [-0.25, -0.2) is 0 Å². The summed E-state index contributed by atoms with van der Waals surface area (Å²) < 4.78 is 4.85. The first-order valence-corrected chi connectivity index (χ1v) is 3.80. The Hall–Kier alpha value is -1.10. The fourth-order valence-electron chi connectivity index (χ4n) is 0.685. The van der Waals surface area contributed by atoms with E-state index in [0.29, 0.717) is 0 Å². The monoisotopic (exact) mass is 173 g/mol. The number of esters is 1. The highest BCUT2D eigenvalue weighted by Crippen LogP contribution is 2.23. The molecule has 12 heavy (non-hydrogen) atoms. The number of carbonyl (C=O) groups is 2. The minimum atomic E-state index is -0.978. The summed E-state index contributed by atoms with van der Waals surface area (Å²) in [6, 6.07) is 0. The molecule has 0 heterocycles. The highest BCUT2D eigenvalue weighted by Gasteiger charge is 2.25. The molecule has 1 fully saturated rings. The van der Waals surface area contributed by atoms with E-state index >= 15 is 0 Å². The zero-order chi connectivity index (χ0) is 8.97. The van der Waals surface area contributed by atoms with Gasteiger partial charge in [0.05, 0.1) is 13.1 Å². The van der Waals surface area contributed by atoms with Gasteiger partial charge in [0.25, 0.3) is 0 Å². The van der Waals surface area contributed by atoms with Crippen LogP contribution in [0.4, 0.5) is 0 Å². The SMILES string of the molecule is O=C(O)CNCC(=O)OC1CC1. The van der Waals surface area contributed by atoms with Crippen molar-refractivity contribution < 1.29 is 19.4 Å². The first-order chi connectivity index (χ1) is 5.68. The Morgan fingerprint density at radius 2 is 2.08 bits per heavy atom. The van der Waals surface area contributed by atoms with Crippen molar-refractivity contribution in [3.05, 3.63) is 0 Å². The molecule has 5 nitrogen and oxygen atoms in total. The van der Waals surface area contributed by atoms with Crippen molar-refractivity contribution in [1.29, 1.82) is 0 Å². The molecule has 1 aliphatic carbocycles. The molecule has 1 saturated carbocycles. The molecule has 68 valence electrons. The molecule has 1 aliphatic rings. The van der Waals surface area contributed by atoms with Crippen LogP contribution in [0.25, 0.3) is 0 Å². The minimum absolute atomic E-state index is 0.0250. The predicted molar refractivity (Wildman–Crippen MR) is 39.6 cm³/mol. The van der Waals surface area contributed by atoms with Crippen molar-refractivity contribution in [2.45, 2.75) is 18.9 Å². The van der Waals surface area contributed by atoms with E-state index in [1.54, 1.807) is 0 Å². The molecule has 2 N–H and O–H groups in total. The second-order valence-electron chi connectivity index (χ2n) is 2.69. The number of hydrogen-bond acceptors (Lipinski definition) is 4. The molecule has 0 aliphatic heterocycles. The zero-order valence-electron chi connectivity index (χ0n) is 6.58. The Kier molecular flexibility index (Phi) is 3.04. The molecule has 0 radical (unpaired) electrons. The van der Waals surface area contributed by atoms with Gasteiger partial charge in [0.15, 0.2) is 0 Å². The minimum Gasteiger partial charge on any atom is -0.480 e. The van der Waals surface area contributed by atoms with E-state index in [4.69, 9.17) is 9.84 Å². The van der Waals surface area contributed by atoms with Crippen LogP contribution >= 0.6 is 0 Å². The topological polar surface area (TPSA) is 75.6 Å². The largest absolute Gasteiger partial charge is 0.480 e. The molecule has 0 spiro atoms. The zero-order valence-corrected chi connectivity index (χ0v) is 6.58. The van der Waals surface area contributed by atoms with Crippen molar-refractivity contribution in [3.63, 3.8) is 0 Å². The van der Waals surface area contributed by atoms with Crippen LogP contribution in [0.2, 0.25) is 0 Å². The van der Waals surface area contributed by atoms with Crippen molar-refractivity contribution in [1.82, 2.24) is 5.32 Å². The molecule has 0 atom stereocenters. The summed E-state index contributed by atoms with van der Waals surface area (Å²) in [6.45, 7) is -0.234. The van der Waals surface area contributed by atoms with E-state index in [0.717, 1.165) is 12.8 Å². The number of carbonyl (C=O) groups excluding carboxylic acids is 1. The van der Waals surface area contributed by atoms with Gasteiger partial charge in [0, 0.05) is 0 Å². The van der Waals surface area contributed by atoms with E-state index < -0.39 is 5.97 Å². The third kappa shape index (κ3) is 3.92. The molecule has 0 aromatic carbocycles. The maximum Gasteiger partial charge on any atom is 0.320 e. The van der Waals surface area contributed by atoms with E-state index in [2.05, 4.69) is 5.32 Å². The first kappa shape index (κ1) is 8.99. The summed E-state index contributed by atoms with van der Waals surface area (Å²) in [5.41, 5.74) is 0. The lowest BCUT2D eigenvalue weighted by Crippen LogP contribution is -2.29. The third-order valence-corrected chi connectivity index (χ3v) is 1.37. The van der Waals surface area contributed by atoms with E-state index in [-0.39, 0.29) is 25.2 Å². The lowest BCUT2D eigenvalue weighted by Gasteiger charge is -2.01. The second-order valence-corrected chi connectivity index (χ2v) is 2.69. The van der Waals surface area contributed by atoms with E-state index in [1.165, 1.54) is 0 Å². The average Bonchev–Trinajstić information content (AvgIpc) is 2.70. The number of carboxylic acids is 1. The number of nitrogens with one attached hydrogen (secondary N) is 1. The van der Waals surface area contributed by atoms with Gasteiger partial charge >= 0.3 is 11.9 Å². The molecule has 0 saturated heterocycles. The van der Waals surface area contributed by atoms with Crippen molar-refractivity contribution in [2.24, 2.45) is 0 Å². The molecule has 0 bridgehead atoms. The Bertz CT molecular complexity index is 188. The average molecular weight is 173 g/mol. The van der Waals surface area contributed by atoms with Crippen LogP contribution in [0.15, 0.2) is 0 Å². The number of carboxylic acid groups (broad SMARTS) is 1. The van der Waals surface area contributed by atoms with E-state index in [9.17, 15) is 9.59 Å². The van der Waals surface area contributed by atoms with Gasteiger partial charge in [-0.1, -0.05) is 0 Å². The molecular formula is C7H11NO4. The van der Waals surface area contributed by atoms with Gasteiger partial charge in [-0.05, 0) is 12.8 Å². The standard InChI is InChI=1S/C7H11NO4/c9-6(10)3-8-4-7(11)12-5-1-2-5/h5,8H,1-4H2,(H,9,10). The maximum atomic E-state index is 10.8. The molecule has 5 heteroatoms. The van der Waals surface area contributed by atoms with Gasteiger partial charge in [0.2, 0.25) is 0 Å². The Labute approximate surface area is 69.7 Å². The van der Waals surface area contributed by atoms with Crippen LogP contribution in [0.1, 0.15) is 12.8 Å². The van der Waals surface area contributed by atoms with Crippen LogP contribution in [0.5, 0.6) is 0 Å². The summed E-state index contributed by atoms with van der Waals surface area (Å²) in [6.07, 6.45) is 1.96. The summed E-state index contributed by atoms with van der Waals surface area (Å²) in [5.74, 6) is -1.35. The van der Waals surface area contributed by atoms with Crippen LogP contribution in [0.3, 0.4) is 0 Å². The van der Waals surface area contributed by atoms with Crippen LogP contribution in [-0.2, 0) is 14.3 Å². The van der Waals surface area contributed by atoms with Crippen LogP contribution < -0.4 is 5.32 Å². The smallest absolute Gasteiger partial charge is 0.320 e. The van der Waals surface area contributed by atoms with Crippen molar-refractivity contribution in [3.8, 4) is 0 Å². The van der Waals surface area contributed by atoms with Crippen LogP contribution in [0, 0.1) is 0 Å². The summed E-state index contributed by atoms with van der Waals surface area (Å²) >= 11 is 0. The van der Waals surface area contributed by atoms with Gasteiger partial charge in [-0.15, -0.1) is 0 Å². The normalized spacial score (nSPS) is 15.7. The van der Waals surface area contributed by atoms with Crippen molar-refractivity contribution >= 4 is 11.9 Å². The highest BCUT2D eigenvalue weighted by molar-refractivity contribution is 5.74. The predicted octanol–water partition coefficient (Wildman–Crippen LogP) is -0.634. The number of rotatable bonds is 5. The third-order valence-electron chi connectivity index (χ3n) is 1.37. The first-order valence-electron chi connectivity index (χ1n) is 3.80. The lowest BCUT2D eigenvalue weighted by molar-refractivity contribution is -0.143. The lowest BCUT2D eigenvalue weighted by atomic mass is 10.6. The fourth-order valence-corrected chi connectivity index (χ4v) is 0.685. The van der Waals surface area contributed by atoms with E-state index in [1.807, 2.05) is 0 Å². The van der Waals surface area contributed by atoms with Gasteiger partial charge in [0.1, 0.15) is 6.10 Å². The van der Waals surface area contributed by atoms with Crippen molar-refractivity contribution in [2.75, 3.05) is 13.1 Å². The molecule has 0 unspecified atom stereocenters. The van der Waals surface area contributed by atoms with Gasteiger partial charge in [-0.2, -0.15) is 0 Å². The summed E-state index contributed by atoms with van der Waals surface area (Å²) in [7, 11) is 0. The molecule has 0 amide bonds. The van der Waals surface area contributed by atoms with Gasteiger partial charge in [-0.3, -0.25) is 14.9 Å². The fraction of sp³-hybridized carbons (Fsp3) is 0.714. The molecule has 0 aromatic rings. The number of hydrogen-bond donors (Lipinski definition) is 2. The summed E-state index contributed by atoms with van der Waals surface area (Å²) in [4.78, 5) is 20.8. The number of ether oxygens (including phenoxy) is 1. The number of aliphatic carboxylic acids is 1. The van der Waals surface area contributed by atoms with Crippen LogP contribution in [-0.4, -0.2) is 36.2 Å². The highest BCUT2D eigenvalue weighted by atomic mass is 16.5. The Morgan fingerprint density at radius 3 is 2.58 bits per heavy atom.